The SMILES string of the molecule is COc1cc([C@H]2C3=C(CC(C)(C)CC3=O)Nc3nc(N)nn32)cc(OC)c1OC. The molecule has 4 rings (SSSR count). The number of allylic oxidation sites excluding steroid dienone is 2. The Bertz CT molecular complexity index is 999. The van der Waals surface area contributed by atoms with Crippen molar-refractivity contribution in [2.45, 2.75) is 32.7 Å². The lowest BCUT2D eigenvalue weighted by Crippen LogP contribution is -2.36. The number of rotatable bonds is 4. The molecule has 1 aromatic carbocycles. The molecule has 1 aliphatic carbocycles. The Hall–Kier alpha value is -3.23. The molecule has 1 aromatic heterocycles. The Morgan fingerprint density at radius 3 is 2.38 bits per heavy atom. The number of carbonyl (C=O) groups excluding carboxylic acids is 1. The van der Waals surface area contributed by atoms with Crippen LogP contribution in [0.2, 0.25) is 0 Å². The van der Waals surface area contributed by atoms with Gasteiger partial charge in [-0.2, -0.15) is 4.98 Å². The van der Waals surface area contributed by atoms with E-state index in [1.54, 1.807) is 26.0 Å². The van der Waals surface area contributed by atoms with E-state index in [1.807, 2.05) is 12.1 Å². The van der Waals surface area contributed by atoms with Gasteiger partial charge in [-0.25, -0.2) is 4.68 Å². The number of ether oxygens (including phenoxy) is 3. The number of nitrogens with zero attached hydrogens (tertiary/aromatic N) is 3. The van der Waals surface area contributed by atoms with Gasteiger partial charge in [0.2, 0.25) is 17.6 Å². The lowest BCUT2D eigenvalue weighted by atomic mass is 9.73. The minimum atomic E-state index is -0.497. The van der Waals surface area contributed by atoms with Crippen LogP contribution in [0.15, 0.2) is 23.4 Å². The summed E-state index contributed by atoms with van der Waals surface area (Å²) in [7, 11) is 4.66. The molecule has 2 aromatic rings. The topological polar surface area (TPSA) is 114 Å². The van der Waals surface area contributed by atoms with Crippen LogP contribution in [0, 0.1) is 5.41 Å². The third-order valence-corrected chi connectivity index (χ3v) is 5.35. The van der Waals surface area contributed by atoms with Gasteiger partial charge < -0.3 is 25.3 Å². The number of nitrogens with one attached hydrogen (secondary N) is 1. The third-order valence-electron chi connectivity index (χ3n) is 5.35. The van der Waals surface area contributed by atoms with Gasteiger partial charge in [-0.1, -0.05) is 13.8 Å². The number of benzene rings is 1. The number of aromatic nitrogens is 3. The van der Waals surface area contributed by atoms with Gasteiger partial charge in [0.15, 0.2) is 17.3 Å². The molecule has 154 valence electrons. The molecule has 9 heteroatoms. The van der Waals surface area contributed by atoms with Crippen LogP contribution in [0.1, 0.15) is 38.3 Å². The first-order valence-electron chi connectivity index (χ1n) is 9.33. The Labute approximate surface area is 168 Å². The summed E-state index contributed by atoms with van der Waals surface area (Å²) in [5, 5.41) is 7.61. The largest absolute Gasteiger partial charge is 0.493 e. The molecule has 0 fully saturated rings. The highest BCUT2D eigenvalue weighted by Gasteiger charge is 2.42. The minimum Gasteiger partial charge on any atom is -0.493 e. The van der Waals surface area contributed by atoms with Gasteiger partial charge in [0.25, 0.3) is 0 Å². The van der Waals surface area contributed by atoms with Crippen molar-refractivity contribution in [2.75, 3.05) is 32.4 Å². The fraction of sp³-hybridized carbons (Fsp3) is 0.450. The monoisotopic (exact) mass is 399 g/mol. The number of carbonyl (C=O) groups is 1. The van der Waals surface area contributed by atoms with Gasteiger partial charge in [0, 0.05) is 17.7 Å². The van der Waals surface area contributed by atoms with Crippen LogP contribution in [0.25, 0.3) is 0 Å². The highest BCUT2D eigenvalue weighted by molar-refractivity contribution is 6.00. The predicted molar refractivity (Wildman–Crippen MR) is 107 cm³/mol. The Kier molecular flexibility index (Phi) is 4.40. The number of fused-ring (bicyclic) bond motifs is 1. The molecule has 29 heavy (non-hydrogen) atoms. The van der Waals surface area contributed by atoms with E-state index in [0.29, 0.717) is 35.2 Å². The molecule has 0 amide bonds. The minimum absolute atomic E-state index is 0.0715. The maximum Gasteiger partial charge on any atom is 0.241 e. The van der Waals surface area contributed by atoms with Crippen LogP contribution >= 0.6 is 0 Å². The second kappa shape index (κ2) is 6.68. The summed E-state index contributed by atoms with van der Waals surface area (Å²) in [6.45, 7) is 4.16. The summed E-state index contributed by atoms with van der Waals surface area (Å²) < 4.78 is 18.1. The highest BCUT2D eigenvalue weighted by atomic mass is 16.5. The lowest BCUT2D eigenvalue weighted by molar-refractivity contribution is -0.118. The number of anilines is 2. The molecular weight excluding hydrogens is 374 g/mol. The third kappa shape index (κ3) is 3.06. The molecular formula is C20H25N5O4. The first-order valence-corrected chi connectivity index (χ1v) is 9.33. The van der Waals surface area contributed by atoms with Crippen LogP contribution < -0.4 is 25.3 Å². The van der Waals surface area contributed by atoms with Crippen molar-refractivity contribution in [3.05, 3.63) is 29.0 Å². The quantitative estimate of drug-likeness (QED) is 0.806. The first-order chi connectivity index (χ1) is 13.8. The fourth-order valence-electron chi connectivity index (χ4n) is 4.19. The van der Waals surface area contributed by atoms with E-state index in [-0.39, 0.29) is 17.1 Å². The van der Waals surface area contributed by atoms with Crippen LogP contribution in [0.5, 0.6) is 17.2 Å². The molecule has 9 nitrogen and oxygen atoms in total. The second-order valence-corrected chi connectivity index (χ2v) is 8.06. The fourth-order valence-corrected chi connectivity index (χ4v) is 4.19. The zero-order valence-corrected chi connectivity index (χ0v) is 17.2. The molecule has 0 unspecified atom stereocenters. The maximum atomic E-state index is 13.2. The van der Waals surface area contributed by atoms with E-state index < -0.39 is 6.04 Å². The Morgan fingerprint density at radius 1 is 1.14 bits per heavy atom. The molecule has 1 aliphatic heterocycles. The molecule has 0 bridgehead atoms. The molecule has 1 atom stereocenters. The number of Topliss-reactive ketones (excluding diaryl/α,β-unsaturated/α-hetero) is 1. The summed E-state index contributed by atoms with van der Waals surface area (Å²) in [4.78, 5) is 17.5. The molecule has 2 heterocycles. The Morgan fingerprint density at radius 2 is 1.79 bits per heavy atom. The van der Waals surface area contributed by atoms with Crippen LogP contribution in [0.4, 0.5) is 11.9 Å². The number of hydrogen-bond donors (Lipinski definition) is 2. The zero-order chi connectivity index (χ0) is 20.9. The summed E-state index contributed by atoms with van der Waals surface area (Å²) in [5.41, 5.74) is 8.02. The van der Waals surface area contributed by atoms with E-state index in [1.165, 1.54) is 0 Å². The number of methoxy groups -OCH3 is 3. The number of hydrogen-bond acceptors (Lipinski definition) is 8. The Balaban J connectivity index is 1.95. The second-order valence-electron chi connectivity index (χ2n) is 8.06. The van der Waals surface area contributed by atoms with Gasteiger partial charge in [0.05, 0.1) is 21.3 Å². The van der Waals surface area contributed by atoms with Crippen molar-refractivity contribution in [3.8, 4) is 17.2 Å². The van der Waals surface area contributed by atoms with Crippen molar-refractivity contribution >= 4 is 17.7 Å². The first kappa shape index (κ1) is 19.1. The smallest absolute Gasteiger partial charge is 0.241 e. The summed E-state index contributed by atoms with van der Waals surface area (Å²) in [5.74, 6) is 2.20. The molecule has 0 saturated heterocycles. The normalized spacial score (nSPS) is 19.9. The molecule has 2 aliphatic rings. The predicted octanol–water partition coefficient (Wildman–Crippen LogP) is 2.54. The van der Waals surface area contributed by atoms with E-state index >= 15 is 0 Å². The lowest BCUT2D eigenvalue weighted by Gasteiger charge is -2.38. The molecule has 0 radical (unpaired) electrons. The van der Waals surface area contributed by atoms with Gasteiger partial charge in [0.1, 0.15) is 6.04 Å². The number of nitrogens with two attached hydrogens (primary N) is 1. The van der Waals surface area contributed by atoms with Crippen molar-refractivity contribution < 1.29 is 19.0 Å². The maximum absolute atomic E-state index is 13.2. The van der Waals surface area contributed by atoms with Gasteiger partial charge >= 0.3 is 0 Å². The van der Waals surface area contributed by atoms with Gasteiger partial charge in [-0.3, -0.25) is 4.79 Å². The van der Waals surface area contributed by atoms with Crippen molar-refractivity contribution in [3.63, 3.8) is 0 Å². The van der Waals surface area contributed by atoms with Crippen LogP contribution in [-0.2, 0) is 4.79 Å². The zero-order valence-electron chi connectivity index (χ0n) is 17.2. The van der Waals surface area contributed by atoms with E-state index in [9.17, 15) is 4.79 Å². The number of ketones is 1. The average molecular weight is 399 g/mol. The standard InChI is InChI=1S/C20H25N5O4/c1-20(2)8-11-15(12(26)9-20)16(25-19(22-11)23-18(21)24-25)10-6-13(27-3)17(29-5)14(7-10)28-4/h6-7,16H,8-9H2,1-5H3,(H3,21,22,23,24)/t16-/m0/s1. The molecule has 0 spiro atoms. The van der Waals surface area contributed by atoms with Crippen molar-refractivity contribution in [1.82, 2.24) is 14.8 Å². The molecule has 3 N–H and O–H groups in total. The van der Waals surface area contributed by atoms with Gasteiger partial charge in [-0.05, 0) is 29.5 Å². The summed E-state index contributed by atoms with van der Waals surface area (Å²) in [6, 6.07) is 3.16. The van der Waals surface area contributed by atoms with Crippen LogP contribution in [0.3, 0.4) is 0 Å². The number of nitrogen functional groups attached to an aromatic ring is 1. The van der Waals surface area contributed by atoms with E-state index in [4.69, 9.17) is 19.9 Å². The van der Waals surface area contributed by atoms with E-state index in [0.717, 1.165) is 17.7 Å². The van der Waals surface area contributed by atoms with Crippen LogP contribution in [-0.4, -0.2) is 41.9 Å². The van der Waals surface area contributed by atoms with E-state index in [2.05, 4.69) is 29.2 Å². The molecule has 0 saturated carbocycles. The summed E-state index contributed by atoms with van der Waals surface area (Å²) >= 11 is 0. The van der Waals surface area contributed by atoms with Gasteiger partial charge in [-0.15, -0.1) is 5.10 Å². The van der Waals surface area contributed by atoms with Crippen molar-refractivity contribution in [1.29, 1.82) is 0 Å². The van der Waals surface area contributed by atoms with Crippen molar-refractivity contribution in [2.24, 2.45) is 5.41 Å². The highest BCUT2D eigenvalue weighted by Crippen LogP contribution is 2.48. The summed E-state index contributed by atoms with van der Waals surface area (Å²) in [6.07, 6.45) is 1.18. The average Bonchev–Trinajstić information content (AvgIpc) is 3.03.